The van der Waals surface area contributed by atoms with Gasteiger partial charge >= 0.3 is 5.97 Å². The van der Waals surface area contributed by atoms with Crippen molar-refractivity contribution in [1.29, 1.82) is 0 Å². The van der Waals surface area contributed by atoms with Gasteiger partial charge in [-0.2, -0.15) is 0 Å². The van der Waals surface area contributed by atoms with Gasteiger partial charge in [-0.3, -0.25) is 0 Å². The number of carbonyl (C=O) groups is 1. The van der Waals surface area contributed by atoms with Gasteiger partial charge in [0.2, 0.25) is 0 Å². The molecular weight excluding hydrogens is 168 g/mol. The minimum absolute atomic E-state index is 0.644. The van der Waals surface area contributed by atoms with E-state index in [0.29, 0.717) is 5.56 Å². The van der Waals surface area contributed by atoms with Gasteiger partial charge in [0.05, 0.1) is 0 Å². The molecule has 3 nitrogen and oxygen atoms in total. The maximum Gasteiger partial charge on any atom is 0.340 e. The van der Waals surface area contributed by atoms with Gasteiger partial charge in [-0.05, 0) is 12.5 Å². The van der Waals surface area contributed by atoms with Gasteiger partial charge in [-0.15, -0.1) is 0 Å². The number of hydrogen-bond acceptors (Lipinski definition) is 2. The van der Waals surface area contributed by atoms with E-state index in [1.54, 1.807) is 24.3 Å². The predicted octanol–water partition coefficient (Wildman–Crippen LogP) is 1.63. The van der Waals surface area contributed by atoms with Crippen molar-refractivity contribution in [2.24, 2.45) is 0 Å². The molecule has 0 radical (unpaired) electrons. The molecule has 1 N–H and O–H groups in total. The Labute approximate surface area is 77.0 Å². The first-order chi connectivity index (χ1) is 6.11. The third-order valence-electron chi connectivity index (χ3n) is 2.14. The number of carboxylic acid groups (broad SMARTS) is 1. The number of ether oxygens (including phenoxy) is 1. The minimum Gasteiger partial charge on any atom is -0.479 e. The molecule has 0 bridgehead atoms. The van der Waals surface area contributed by atoms with E-state index in [-0.39, 0.29) is 0 Å². The standard InChI is InChI=1S/C10H12O3/c1-10(13-2,9(11)12)8-6-4-3-5-7-8/h3-7H,1-2H3,(H,11,12)/t10-/m1/s1. The Bertz CT molecular complexity index is 294. The summed E-state index contributed by atoms with van der Waals surface area (Å²) in [7, 11) is 1.39. The monoisotopic (exact) mass is 180 g/mol. The van der Waals surface area contributed by atoms with E-state index in [1.165, 1.54) is 14.0 Å². The quantitative estimate of drug-likeness (QED) is 0.769. The molecule has 0 aliphatic rings. The summed E-state index contributed by atoms with van der Waals surface area (Å²) in [6.07, 6.45) is 0. The summed E-state index contributed by atoms with van der Waals surface area (Å²) in [5, 5.41) is 8.96. The molecule has 0 saturated carbocycles. The van der Waals surface area contributed by atoms with E-state index in [4.69, 9.17) is 9.84 Å². The number of methoxy groups -OCH3 is 1. The Morgan fingerprint density at radius 2 is 1.92 bits per heavy atom. The maximum absolute atomic E-state index is 10.9. The molecule has 0 saturated heterocycles. The van der Waals surface area contributed by atoms with Crippen LogP contribution in [0.3, 0.4) is 0 Å². The Morgan fingerprint density at radius 1 is 1.38 bits per heavy atom. The lowest BCUT2D eigenvalue weighted by molar-refractivity contribution is -0.161. The van der Waals surface area contributed by atoms with E-state index in [2.05, 4.69) is 0 Å². The molecule has 1 rings (SSSR count). The van der Waals surface area contributed by atoms with Crippen molar-refractivity contribution in [3.05, 3.63) is 35.9 Å². The summed E-state index contributed by atoms with van der Waals surface area (Å²) < 4.78 is 4.99. The van der Waals surface area contributed by atoms with Gasteiger partial charge in [-0.25, -0.2) is 4.79 Å². The minimum atomic E-state index is -1.25. The van der Waals surface area contributed by atoms with Gasteiger partial charge in [0.1, 0.15) is 0 Å². The summed E-state index contributed by atoms with van der Waals surface area (Å²) in [4.78, 5) is 10.9. The summed E-state index contributed by atoms with van der Waals surface area (Å²) in [5.41, 5.74) is -0.605. The third kappa shape index (κ3) is 1.70. The predicted molar refractivity (Wildman–Crippen MR) is 48.4 cm³/mol. The van der Waals surface area contributed by atoms with Gasteiger partial charge < -0.3 is 9.84 Å². The number of aliphatic carboxylic acids is 1. The highest BCUT2D eigenvalue weighted by atomic mass is 16.5. The van der Waals surface area contributed by atoms with Crippen LogP contribution in [0.15, 0.2) is 30.3 Å². The first-order valence-electron chi connectivity index (χ1n) is 3.95. The summed E-state index contributed by atoms with van der Waals surface area (Å²) in [5.74, 6) is -0.985. The summed E-state index contributed by atoms with van der Waals surface area (Å²) in [6, 6.07) is 8.88. The molecule has 0 heterocycles. The Hall–Kier alpha value is -1.35. The molecule has 0 aliphatic heterocycles. The van der Waals surface area contributed by atoms with Crippen LogP contribution in [0.25, 0.3) is 0 Å². The lowest BCUT2D eigenvalue weighted by Gasteiger charge is -2.23. The summed E-state index contributed by atoms with van der Waals surface area (Å²) in [6.45, 7) is 1.53. The fraction of sp³-hybridized carbons (Fsp3) is 0.300. The van der Waals surface area contributed by atoms with E-state index < -0.39 is 11.6 Å². The van der Waals surface area contributed by atoms with Crippen molar-refractivity contribution in [1.82, 2.24) is 0 Å². The van der Waals surface area contributed by atoms with E-state index in [9.17, 15) is 4.79 Å². The van der Waals surface area contributed by atoms with Crippen LogP contribution in [-0.2, 0) is 15.1 Å². The van der Waals surface area contributed by atoms with Crippen LogP contribution in [-0.4, -0.2) is 18.2 Å². The van der Waals surface area contributed by atoms with Crippen LogP contribution in [0.1, 0.15) is 12.5 Å². The molecule has 0 aromatic heterocycles. The van der Waals surface area contributed by atoms with Gasteiger partial charge in [-0.1, -0.05) is 30.3 Å². The van der Waals surface area contributed by atoms with Gasteiger partial charge in [0.15, 0.2) is 5.60 Å². The fourth-order valence-corrected chi connectivity index (χ4v) is 1.08. The Kier molecular flexibility index (Phi) is 2.68. The zero-order valence-electron chi connectivity index (χ0n) is 7.65. The van der Waals surface area contributed by atoms with Crippen molar-refractivity contribution in [3.63, 3.8) is 0 Å². The SMILES string of the molecule is CO[C@@](C)(C(=O)O)c1ccccc1. The normalized spacial score (nSPS) is 14.9. The van der Waals surface area contributed by atoms with Crippen LogP contribution >= 0.6 is 0 Å². The molecule has 1 aromatic rings. The molecule has 0 spiro atoms. The first kappa shape index (κ1) is 9.74. The highest BCUT2D eigenvalue weighted by molar-refractivity contribution is 5.78. The fourth-order valence-electron chi connectivity index (χ4n) is 1.08. The molecule has 1 atom stereocenters. The Morgan fingerprint density at radius 3 is 2.31 bits per heavy atom. The van der Waals surface area contributed by atoms with E-state index in [0.717, 1.165) is 0 Å². The largest absolute Gasteiger partial charge is 0.479 e. The van der Waals surface area contributed by atoms with Crippen LogP contribution in [0.2, 0.25) is 0 Å². The average Bonchev–Trinajstić information content (AvgIpc) is 2.17. The number of rotatable bonds is 3. The molecule has 3 heteroatoms. The Balaban J connectivity index is 3.11. The molecule has 0 unspecified atom stereocenters. The van der Waals surface area contributed by atoms with Crippen LogP contribution in [0.4, 0.5) is 0 Å². The molecule has 1 aromatic carbocycles. The molecular formula is C10H12O3. The second-order valence-corrected chi connectivity index (χ2v) is 2.91. The van der Waals surface area contributed by atoms with Crippen LogP contribution in [0.5, 0.6) is 0 Å². The lowest BCUT2D eigenvalue weighted by atomic mass is 9.96. The van der Waals surface area contributed by atoms with Crippen molar-refractivity contribution in [3.8, 4) is 0 Å². The van der Waals surface area contributed by atoms with E-state index in [1.807, 2.05) is 6.07 Å². The van der Waals surface area contributed by atoms with Crippen molar-refractivity contribution < 1.29 is 14.6 Å². The van der Waals surface area contributed by atoms with E-state index >= 15 is 0 Å². The molecule has 0 fully saturated rings. The average molecular weight is 180 g/mol. The molecule has 13 heavy (non-hydrogen) atoms. The number of carboxylic acids is 1. The zero-order valence-corrected chi connectivity index (χ0v) is 7.65. The van der Waals surface area contributed by atoms with Crippen molar-refractivity contribution >= 4 is 5.97 Å². The van der Waals surface area contributed by atoms with Crippen molar-refractivity contribution in [2.75, 3.05) is 7.11 Å². The summed E-state index contributed by atoms with van der Waals surface area (Å²) >= 11 is 0. The third-order valence-corrected chi connectivity index (χ3v) is 2.14. The van der Waals surface area contributed by atoms with Crippen LogP contribution in [0, 0.1) is 0 Å². The van der Waals surface area contributed by atoms with Gasteiger partial charge in [0, 0.05) is 7.11 Å². The number of benzene rings is 1. The zero-order chi connectivity index (χ0) is 9.90. The first-order valence-corrected chi connectivity index (χ1v) is 3.95. The van der Waals surface area contributed by atoms with Gasteiger partial charge in [0.25, 0.3) is 0 Å². The van der Waals surface area contributed by atoms with Crippen molar-refractivity contribution in [2.45, 2.75) is 12.5 Å². The lowest BCUT2D eigenvalue weighted by Crippen LogP contribution is -2.34. The highest BCUT2D eigenvalue weighted by Crippen LogP contribution is 2.24. The smallest absolute Gasteiger partial charge is 0.340 e. The molecule has 0 aliphatic carbocycles. The highest BCUT2D eigenvalue weighted by Gasteiger charge is 2.34. The number of hydrogen-bond donors (Lipinski definition) is 1. The maximum atomic E-state index is 10.9. The second-order valence-electron chi connectivity index (χ2n) is 2.91. The second kappa shape index (κ2) is 3.58. The molecule has 0 amide bonds. The molecule has 70 valence electrons. The van der Waals surface area contributed by atoms with Crippen LogP contribution < -0.4 is 0 Å². The topological polar surface area (TPSA) is 46.5 Å².